The first-order chi connectivity index (χ1) is 11.5. The average Bonchev–Trinajstić information content (AvgIpc) is 2.59. The lowest BCUT2D eigenvalue weighted by Gasteiger charge is -2.07. The summed E-state index contributed by atoms with van der Waals surface area (Å²) >= 11 is 0. The Morgan fingerprint density at radius 3 is 2.33 bits per heavy atom. The molecule has 2 N–H and O–H groups in total. The molecule has 1 aromatic heterocycles. The molecule has 2 aromatic rings. The Balaban J connectivity index is 1.80. The summed E-state index contributed by atoms with van der Waals surface area (Å²) in [6.07, 6.45) is 1.48. The lowest BCUT2D eigenvalue weighted by atomic mass is 10.2. The second kappa shape index (κ2) is 7.82. The third kappa shape index (κ3) is 4.60. The van der Waals surface area contributed by atoms with E-state index < -0.39 is 10.8 Å². The number of amides is 2. The first-order valence-corrected chi connectivity index (χ1v) is 7.21. The third-order valence-corrected chi connectivity index (χ3v) is 3.19. The Morgan fingerprint density at radius 1 is 1.08 bits per heavy atom. The summed E-state index contributed by atoms with van der Waals surface area (Å²) < 4.78 is 0. The Labute approximate surface area is 138 Å². The standard InChI is InChI=1S/C16H16N4O4/c1-11-5-6-13(10-19-11)16(22)18-8-7-17-15(21)12-3-2-4-14(9-12)20(23)24/h2-6,9-10H,7-8H2,1H3,(H,17,21)(H,18,22). The molecule has 1 aromatic carbocycles. The highest BCUT2D eigenvalue weighted by molar-refractivity contribution is 5.95. The molecule has 0 atom stereocenters. The molecule has 8 nitrogen and oxygen atoms in total. The molecule has 0 saturated heterocycles. The van der Waals surface area contributed by atoms with Crippen LogP contribution in [0.25, 0.3) is 0 Å². The largest absolute Gasteiger partial charge is 0.350 e. The molecule has 2 rings (SSSR count). The van der Waals surface area contributed by atoms with Crippen molar-refractivity contribution in [1.29, 1.82) is 0 Å². The number of nitro groups is 1. The first-order valence-electron chi connectivity index (χ1n) is 7.21. The lowest BCUT2D eigenvalue weighted by molar-refractivity contribution is -0.384. The molecule has 0 saturated carbocycles. The number of rotatable bonds is 6. The van der Waals surface area contributed by atoms with Gasteiger partial charge in [0.2, 0.25) is 0 Å². The van der Waals surface area contributed by atoms with Crippen LogP contribution in [0.4, 0.5) is 5.69 Å². The summed E-state index contributed by atoms with van der Waals surface area (Å²) in [6, 6.07) is 8.84. The highest BCUT2D eigenvalue weighted by Crippen LogP contribution is 2.12. The maximum absolute atomic E-state index is 11.9. The molecular formula is C16H16N4O4. The van der Waals surface area contributed by atoms with Gasteiger partial charge in [-0.1, -0.05) is 6.07 Å². The van der Waals surface area contributed by atoms with Gasteiger partial charge in [-0.05, 0) is 25.1 Å². The van der Waals surface area contributed by atoms with Crippen molar-refractivity contribution in [3.05, 3.63) is 69.5 Å². The van der Waals surface area contributed by atoms with Crippen LogP contribution in [0.15, 0.2) is 42.6 Å². The van der Waals surface area contributed by atoms with Gasteiger partial charge in [-0.2, -0.15) is 0 Å². The van der Waals surface area contributed by atoms with Crippen molar-refractivity contribution in [1.82, 2.24) is 15.6 Å². The Kier molecular flexibility index (Phi) is 5.56. The van der Waals surface area contributed by atoms with Crippen molar-refractivity contribution in [2.24, 2.45) is 0 Å². The molecule has 2 amide bonds. The number of nitrogens with zero attached hydrogens (tertiary/aromatic N) is 2. The van der Waals surface area contributed by atoms with E-state index in [1.807, 2.05) is 6.92 Å². The second-order valence-corrected chi connectivity index (χ2v) is 5.01. The van der Waals surface area contributed by atoms with Crippen LogP contribution in [-0.2, 0) is 0 Å². The van der Waals surface area contributed by atoms with Crippen molar-refractivity contribution < 1.29 is 14.5 Å². The molecule has 0 unspecified atom stereocenters. The Bertz CT molecular complexity index is 759. The van der Waals surface area contributed by atoms with E-state index >= 15 is 0 Å². The number of carbonyl (C=O) groups is 2. The maximum atomic E-state index is 11.9. The van der Waals surface area contributed by atoms with Gasteiger partial charge < -0.3 is 10.6 Å². The van der Waals surface area contributed by atoms with Crippen LogP contribution in [0.3, 0.4) is 0 Å². The topological polar surface area (TPSA) is 114 Å². The maximum Gasteiger partial charge on any atom is 0.270 e. The van der Waals surface area contributed by atoms with Crippen LogP contribution in [0.1, 0.15) is 26.4 Å². The fourth-order valence-electron chi connectivity index (χ4n) is 1.92. The van der Waals surface area contributed by atoms with Crippen LogP contribution in [0, 0.1) is 17.0 Å². The number of pyridine rings is 1. The fourth-order valence-corrected chi connectivity index (χ4v) is 1.92. The van der Waals surface area contributed by atoms with Gasteiger partial charge in [0.15, 0.2) is 0 Å². The molecule has 1 heterocycles. The first kappa shape index (κ1) is 17.1. The molecule has 8 heteroatoms. The molecular weight excluding hydrogens is 312 g/mol. The zero-order chi connectivity index (χ0) is 17.5. The normalized spacial score (nSPS) is 10.0. The number of benzene rings is 1. The van der Waals surface area contributed by atoms with Gasteiger partial charge in [0.05, 0.1) is 10.5 Å². The van der Waals surface area contributed by atoms with Crippen molar-refractivity contribution >= 4 is 17.5 Å². The van der Waals surface area contributed by atoms with Crippen LogP contribution in [-0.4, -0.2) is 34.8 Å². The predicted molar refractivity (Wildman–Crippen MR) is 86.7 cm³/mol. The summed E-state index contributed by atoms with van der Waals surface area (Å²) in [5.41, 5.74) is 1.29. The number of nitro benzene ring substituents is 1. The van der Waals surface area contributed by atoms with E-state index in [0.717, 1.165) is 5.69 Å². The number of aromatic nitrogens is 1. The van der Waals surface area contributed by atoms with E-state index in [1.54, 1.807) is 12.1 Å². The van der Waals surface area contributed by atoms with Crippen LogP contribution in [0.2, 0.25) is 0 Å². The van der Waals surface area contributed by atoms with Crippen LogP contribution < -0.4 is 10.6 Å². The lowest BCUT2D eigenvalue weighted by Crippen LogP contribution is -2.34. The molecule has 0 spiro atoms. The number of carbonyl (C=O) groups excluding carboxylic acids is 2. The molecule has 124 valence electrons. The van der Waals surface area contributed by atoms with E-state index in [4.69, 9.17) is 0 Å². The highest BCUT2D eigenvalue weighted by atomic mass is 16.6. The summed E-state index contributed by atoms with van der Waals surface area (Å²) in [6.45, 7) is 2.26. The Hall–Kier alpha value is -3.29. The SMILES string of the molecule is Cc1ccc(C(=O)NCCNC(=O)c2cccc([N+](=O)[O-])c2)cn1. The van der Waals surface area contributed by atoms with Gasteiger partial charge in [-0.3, -0.25) is 24.7 Å². The monoisotopic (exact) mass is 328 g/mol. The van der Waals surface area contributed by atoms with Crippen molar-refractivity contribution in [2.45, 2.75) is 6.92 Å². The van der Waals surface area contributed by atoms with Gasteiger partial charge in [-0.15, -0.1) is 0 Å². The summed E-state index contributed by atoms with van der Waals surface area (Å²) in [5, 5.41) is 15.9. The van der Waals surface area contributed by atoms with Gasteiger partial charge in [0.1, 0.15) is 0 Å². The van der Waals surface area contributed by atoms with Gasteiger partial charge in [0, 0.05) is 42.7 Å². The molecule has 0 aliphatic carbocycles. The number of aryl methyl sites for hydroxylation is 1. The minimum absolute atomic E-state index is 0.150. The van der Waals surface area contributed by atoms with E-state index in [9.17, 15) is 19.7 Å². The van der Waals surface area contributed by atoms with Gasteiger partial charge in [0.25, 0.3) is 17.5 Å². The van der Waals surface area contributed by atoms with E-state index in [-0.39, 0.29) is 30.2 Å². The van der Waals surface area contributed by atoms with Gasteiger partial charge >= 0.3 is 0 Å². The summed E-state index contributed by atoms with van der Waals surface area (Å²) in [4.78, 5) is 37.9. The van der Waals surface area contributed by atoms with E-state index in [0.29, 0.717) is 5.56 Å². The number of hydrogen-bond donors (Lipinski definition) is 2. The van der Waals surface area contributed by atoms with Crippen molar-refractivity contribution in [3.63, 3.8) is 0 Å². The number of nitrogens with one attached hydrogen (secondary N) is 2. The molecule has 24 heavy (non-hydrogen) atoms. The number of non-ortho nitro benzene ring substituents is 1. The van der Waals surface area contributed by atoms with Crippen LogP contribution in [0.5, 0.6) is 0 Å². The quantitative estimate of drug-likeness (QED) is 0.473. The van der Waals surface area contributed by atoms with Crippen molar-refractivity contribution in [3.8, 4) is 0 Å². The zero-order valence-electron chi connectivity index (χ0n) is 13.0. The average molecular weight is 328 g/mol. The minimum Gasteiger partial charge on any atom is -0.350 e. The third-order valence-electron chi connectivity index (χ3n) is 3.19. The fraction of sp³-hybridized carbons (Fsp3) is 0.188. The molecule has 0 aliphatic heterocycles. The summed E-state index contributed by atoms with van der Waals surface area (Å²) in [5.74, 6) is -0.725. The van der Waals surface area contributed by atoms with Gasteiger partial charge in [-0.25, -0.2) is 0 Å². The van der Waals surface area contributed by atoms with E-state index in [1.165, 1.54) is 30.5 Å². The zero-order valence-corrected chi connectivity index (χ0v) is 13.0. The number of hydrogen-bond acceptors (Lipinski definition) is 5. The van der Waals surface area contributed by atoms with Crippen LogP contribution >= 0.6 is 0 Å². The van der Waals surface area contributed by atoms with Crippen molar-refractivity contribution in [2.75, 3.05) is 13.1 Å². The molecule has 0 bridgehead atoms. The predicted octanol–water partition coefficient (Wildman–Crippen LogP) is 1.46. The second-order valence-electron chi connectivity index (χ2n) is 5.01. The molecule has 0 aliphatic rings. The Morgan fingerprint density at radius 2 is 1.75 bits per heavy atom. The van der Waals surface area contributed by atoms with E-state index in [2.05, 4.69) is 15.6 Å². The minimum atomic E-state index is -0.563. The molecule has 0 radical (unpaired) electrons. The smallest absolute Gasteiger partial charge is 0.270 e. The highest BCUT2D eigenvalue weighted by Gasteiger charge is 2.11. The summed E-state index contributed by atoms with van der Waals surface area (Å²) in [7, 11) is 0. The molecule has 0 fully saturated rings.